The molecule has 1 heterocycles. The van der Waals surface area contributed by atoms with Crippen LogP contribution in [0.25, 0.3) is 11.0 Å². The molecule has 0 saturated carbocycles. The Labute approximate surface area is 112 Å². The van der Waals surface area contributed by atoms with Crippen molar-refractivity contribution in [1.29, 1.82) is 0 Å². The van der Waals surface area contributed by atoms with E-state index in [0.29, 0.717) is 6.54 Å². The second kappa shape index (κ2) is 5.40. The summed E-state index contributed by atoms with van der Waals surface area (Å²) < 4.78 is 5.22. The van der Waals surface area contributed by atoms with Gasteiger partial charge in [-0.05, 0) is 38.5 Å². The van der Waals surface area contributed by atoms with E-state index >= 15 is 0 Å². The number of hydrogen-bond donors (Lipinski definition) is 2. The molecule has 0 unspecified atom stereocenters. The van der Waals surface area contributed by atoms with E-state index in [1.165, 1.54) is 0 Å². The number of aromatic amines is 1. The van der Waals surface area contributed by atoms with Crippen LogP contribution < -0.4 is 5.32 Å². The number of carbonyl (C=O) groups is 1. The van der Waals surface area contributed by atoms with Gasteiger partial charge < -0.3 is 15.0 Å². The zero-order valence-corrected chi connectivity index (χ0v) is 11.5. The predicted molar refractivity (Wildman–Crippen MR) is 73.6 cm³/mol. The normalized spacial score (nSPS) is 11.7. The van der Waals surface area contributed by atoms with Crippen molar-refractivity contribution in [1.82, 2.24) is 15.3 Å². The summed E-state index contributed by atoms with van der Waals surface area (Å²) >= 11 is 0. The summed E-state index contributed by atoms with van der Waals surface area (Å²) in [4.78, 5) is 18.7. The molecule has 0 fully saturated rings. The molecule has 0 aliphatic rings. The van der Waals surface area contributed by atoms with Gasteiger partial charge in [0.15, 0.2) is 0 Å². The Balaban J connectivity index is 1.83. The topological polar surface area (TPSA) is 67.0 Å². The number of benzene rings is 1. The summed E-state index contributed by atoms with van der Waals surface area (Å²) in [7, 11) is 0. The van der Waals surface area contributed by atoms with Gasteiger partial charge in [-0.15, -0.1) is 0 Å². The van der Waals surface area contributed by atoms with Crippen LogP contribution in [0, 0.1) is 0 Å². The molecule has 5 nitrogen and oxygen atoms in total. The number of H-pyrrole nitrogens is 1. The van der Waals surface area contributed by atoms with Crippen molar-refractivity contribution in [2.24, 2.45) is 0 Å². The van der Waals surface area contributed by atoms with Gasteiger partial charge in [-0.2, -0.15) is 0 Å². The second-order valence-corrected chi connectivity index (χ2v) is 5.44. The number of aromatic nitrogens is 2. The second-order valence-electron chi connectivity index (χ2n) is 5.44. The summed E-state index contributed by atoms with van der Waals surface area (Å²) in [5.74, 6) is -0.241. The highest BCUT2D eigenvalue weighted by Crippen LogP contribution is 2.11. The van der Waals surface area contributed by atoms with E-state index in [-0.39, 0.29) is 12.5 Å². The number of carbonyl (C=O) groups excluding carboxylic acids is 1. The minimum Gasteiger partial charge on any atom is -0.459 e. The number of hydrogen-bond acceptors (Lipinski definition) is 4. The maximum atomic E-state index is 11.5. The summed E-state index contributed by atoms with van der Waals surface area (Å²) in [6.45, 7) is 6.40. The van der Waals surface area contributed by atoms with Gasteiger partial charge in [0.05, 0.1) is 23.9 Å². The maximum Gasteiger partial charge on any atom is 0.320 e. The van der Waals surface area contributed by atoms with Gasteiger partial charge in [0.25, 0.3) is 0 Å². The molecule has 0 atom stereocenters. The molecule has 0 saturated heterocycles. The average molecular weight is 261 g/mol. The van der Waals surface area contributed by atoms with Gasteiger partial charge in [-0.3, -0.25) is 4.79 Å². The highest BCUT2D eigenvalue weighted by molar-refractivity contribution is 5.75. The Morgan fingerprint density at radius 2 is 2.21 bits per heavy atom. The lowest BCUT2D eigenvalue weighted by Crippen LogP contribution is -2.31. The Morgan fingerprint density at radius 1 is 1.42 bits per heavy atom. The highest BCUT2D eigenvalue weighted by Gasteiger charge is 2.15. The lowest BCUT2D eigenvalue weighted by atomic mass is 10.2. The molecule has 2 aromatic rings. The van der Waals surface area contributed by atoms with Crippen molar-refractivity contribution >= 4 is 17.0 Å². The van der Waals surface area contributed by atoms with E-state index in [0.717, 1.165) is 16.6 Å². The molecule has 1 aromatic heterocycles. The van der Waals surface area contributed by atoms with Gasteiger partial charge >= 0.3 is 5.97 Å². The number of esters is 1. The lowest BCUT2D eigenvalue weighted by Gasteiger charge is -2.19. The van der Waals surface area contributed by atoms with Crippen LogP contribution in [0.4, 0.5) is 0 Å². The molecule has 0 radical (unpaired) electrons. The number of imidazole rings is 1. The molecule has 2 rings (SSSR count). The molecule has 19 heavy (non-hydrogen) atoms. The molecule has 0 aliphatic heterocycles. The van der Waals surface area contributed by atoms with Crippen molar-refractivity contribution < 1.29 is 9.53 Å². The van der Waals surface area contributed by atoms with E-state index in [9.17, 15) is 4.79 Å². The first-order valence-electron chi connectivity index (χ1n) is 6.29. The Bertz CT molecular complexity index is 569. The van der Waals surface area contributed by atoms with Crippen molar-refractivity contribution in [3.05, 3.63) is 30.1 Å². The number of nitrogens with zero attached hydrogens (tertiary/aromatic N) is 1. The van der Waals surface area contributed by atoms with Crippen LogP contribution in [0.15, 0.2) is 24.5 Å². The van der Waals surface area contributed by atoms with Crippen LogP contribution >= 0.6 is 0 Å². The van der Waals surface area contributed by atoms with Gasteiger partial charge in [0, 0.05) is 6.54 Å². The summed E-state index contributed by atoms with van der Waals surface area (Å²) in [5, 5.41) is 3.07. The van der Waals surface area contributed by atoms with Gasteiger partial charge in [0.2, 0.25) is 0 Å². The van der Waals surface area contributed by atoms with Crippen LogP contribution in [0.1, 0.15) is 26.3 Å². The van der Waals surface area contributed by atoms with Crippen LogP contribution in [0.3, 0.4) is 0 Å². The fourth-order valence-corrected chi connectivity index (χ4v) is 1.78. The molecule has 0 bridgehead atoms. The molecule has 2 N–H and O–H groups in total. The standard InChI is InChI=1S/C14H19N3O2/c1-14(2,3)19-13(18)8-15-7-10-4-5-11-12(6-10)17-9-16-11/h4-6,9,15H,7-8H2,1-3H3,(H,16,17). The van der Waals surface area contributed by atoms with Gasteiger partial charge in [-0.25, -0.2) is 4.98 Å². The van der Waals surface area contributed by atoms with E-state index in [4.69, 9.17) is 4.74 Å². The van der Waals surface area contributed by atoms with E-state index < -0.39 is 5.60 Å². The van der Waals surface area contributed by atoms with Gasteiger partial charge in [-0.1, -0.05) is 6.07 Å². The first-order chi connectivity index (χ1) is 8.94. The third-order valence-corrected chi connectivity index (χ3v) is 2.50. The van der Waals surface area contributed by atoms with Crippen LogP contribution in [0.5, 0.6) is 0 Å². The SMILES string of the molecule is CC(C)(C)OC(=O)CNCc1ccc2nc[nH]c2c1. The van der Waals surface area contributed by atoms with Crippen molar-refractivity contribution in [3.63, 3.8) is 0 Å². The fourth-order valence-electron chi connectivity index (χ4n) is 1.78. The molecule has 1 aromatic carbocycles. The quantitative estimate of drug-likeness (QED) is 0.826. The van der Waals surface area contributed by atoms with Crippen LogP contribution in [-0.2, 0) is 16.1 Å². The first-order valence-corrected chi connectivity index (χ1v) is 6.29. The molecule has 0 amide bonds. The van der Waals surface area contributed by atoms with Crippen LogP contribution in [0.2, 0.25) is 0 Å². The number of ether oxygens (including phenoxy) is 1. The Morgan fingerprint density at radius 3 is 2.95 bits per heavy atom. The van der Waals surface area contributed by atoms with E-state index in [1.54, 1.807) is 6.33 Å². The van der Waals surface area contributed by atoms with Crippen molar-refractivity contribution in [2.45, 2.75) is 32.9 Å². The third kappa shape index (κ3) is 4.06. The zero-order chi connectivity index (χ0) is 13.9. The van der Waals surface area contributed by atoms with Gasteiger partial charge in [0.1, 0.15) is 5.60 Å². The largest absolute Gasteiger partial charge is 0.459 e. The van der Waals surface area contributed by atoms with Crippen molar-refractivity contribution in [2.75, 3.05) is 6.54 Å². The molecular weight excluding hydrogens is 242 g/mol. The minimum atomic E-state index is -0.437. The summed E-state index contributed by atoms with van der Waals surface area (Å²) in [6, 6.07) is 5.96. The maximum absolute atomic E-state index is 11.5. The molecule has 5 heteroatoms. The summed E-state index contributed by atoms with van der Waals surface area (Å²) in [5.41, 5.74) is 2.60. The first kappa shape index (κ1) is 13.5. The van der Waals surface area contributed by atoms with E-state index in [1.807, 2.05) is 39.0 Å². The lowest BCUT2D eigenvalue weighted by molar-refractivity contribution is -0.153. The number of fused-ring (bicyclic) bond motifs is 1. The predicted octanol–water partition coefficient (Wildman–Crippen LogP) is 1.99. The van der Waals surface area contributed by atoms with Crippen molar-refractivity contribution in [3.8, 4) is 0 Å². The summed E-state index contributed by atoms with van der Waals surface area (Å²) in [6.07, 6.45) is 1.67. The molecule has 102 valence electrons. The molecular formula is C14H19N3O2. The Hall–Kier alpha value is -1.88. The monoisotopic (exact) mass is 261 g/mol. The highest BCUT2D eigenvalue weighted by atomic mass is 16.6. The average Bonchev–Trinajstić information content (AvgIpc) is 2.73. The fraction of sp³-hybridized carbons (Fsp3) is 0.429. The molecule has 0 aliphatic carbocycles. The number of nitrogens with one attached hydrogen (secondary N) is 2. The minimum absolute atomic E-state index is 0.207. The smallest absolute Gasteiger partial charge is 0.320 e. The van der Waals surface area contributed by atoms with Crippen LogP contribution in [-0.4, -0.2) is 28.1 Å². The zero-order valence-electron chi connectivity index (χ0n) is 11.5. The number of rotatable bonds is 4. The van der Waals surface area contributed by atoms with E-state index in [2.05, 4.69) is 15.3 Å². The Kier molecular flexibility index (Phi) is 3.85. The molecule has 0 spiro atoms. The third-order valence-electron chi connectivity index (χ3n) is 2.50.